The van der Waals surface area contributed by atoms with Gasteiger partial charge >= 0.3 is 0 Å². The molecule has 3 rings (SSSR count). The molecule has 0 radical (unpaired) electrons. The van der Waals surface area contributed by atoms with Crippen LogP contribution < -0.4 is 5.32 Å². The first-order valence-electron chi connectivity index (χ1n) is 9.16. The fraction of sp³-hybridized carbons (Fsp3) is 1.00. The minimum absolute atomic E-state index is 0.702. The van der Waals surface area contributed by atoms with E-state index in [-0.39, 0.29) is 0 Å². The van der Waals surface area contributed by atoms with Crippen molar-refractivity contribution in [2.24, 2.45) is 10.8 Å². The zero-order chi connectivity index (χ0) is 14.1. The first-order chi connectivity index (χ1) is 9.71. The highest BCUT2D eigenvalue weighted by Crippen LogP contribution is 2.52. The molecule has 20 heavy (non-hydrogen) atoms. The fourth-order valence-electron chi connectivity index (χ4n) is 5.13. The van der Waals surface area contributed by atoms with E-state index >= 15 is 0 Å². The Morgan fingerprint density at radius 2 is 1.60 bits per heavy atom. The molecule has 0 amide bonds. The third-order valence-electron chi connectivity index (χ3n) is 7.16. The summed E-state index contributed by atoms with van der Waals surface area (Å²) in [5.74, 6) is 0. The lowest BCUT2D eigenvalue weighted by Crippen LogP contribution is -2.43. The van der Waals surface area contributed by atoms with E-state index in [4.69, 9.17) is 0 Å². The third-order valence-corrected chi connectivity index (χ3v) is 7.16. The first-order valence-corrected chi connectivity index (χ1v) is 9.16. The van der Waals surface area contributed by atoms with Gasteiger partial charge in [-0.05, 0) is 75.4 Å². The Bertz CT molecular complexity index is 305. The van der Waals surface area contributed by atoms with E-state index in [2.05, 4.69) is 24.1 Å². The molecule has 0 aromatic rings. The minimum Gasteiger partial charge on any atom is -0.317 e. The molecule has 0 atom stereocenters. The Morgan fingerprint density at radius 3 is 2.20 bits per heavy atom. The topological polar surface area (TPSA) is 15.3 Å². The molecule has 0 aromatic carbocycles. The summed E-state index contributed by atoms with van der Waals surface area (Å²) in [5.41, 5.74) is 1.41. The molecule has 2 saturated heterocycles. The first kappa shape index (κ1) is 14.8. The molecule has 1 aliphatic carbocycles. The van der Waals surface area contributed by atoms with Crippen molar-refractivity contribution in [3.63, 3.8) is 0 Å². The highest BCUT2D eigenvalue weighted by atomic mass is 15.2. The smallest absolute Gasteiger partial charge is 0.0120 e. The highest BCUT2D eigenvalue weighted by Gasteiger charge is 2.45. The lowest BCUT2D eigenvalue weighted by Gasteiger charge is -2.45. The number of hydrogen-bond acceptors (Lipinski definition) is 2. The molecule has 2 heterocycles. The van der Waals surface area contributed by atoms with Crippen LogP contribution in [0.4, 0.5) is 0 Å². The molecule has 1 spiro atoms. The van der Waals surface area contributed by atoms with Crippen LogP contribution in [-0.2, 0) is 0 Å². The van der Waals surface area contributed by atoms with E-state index in [0.717, 1.165) is 6.04 Å². The van der Waals surface area contributed by atoms with Crippen LogP contribution in [0.15, 0.2) is 0 Å². The zero-order valence-electron chi connectivity index (χ0n) is 13.7. The number of nitrogens with zero attached hydrogens (tertiary/aromatic N) is 1. The maximum Gasteiger partial charge on any atom is 0.0120 e. The van der Waals surface area contributed by atoms with Crippen LogP contribution in [0.3, 0.4) is 0 Å². The van der Waals surface area contributed by atoms with Crippen molar-refractivity contribution in [2.45, 2.75) is 77.7 Å². The summed E-state index contributed by atoms with van der Waals surface area (Å²) in [5, 5.41) is 3.51. The van der Waals surface area contributed by atoms with Crippen LogP contribution in [0.25, 0.3) is 0 Å². The second kappa shape index (κ2) is 5.96. The molecule has 3 fully saturated rings. The lowest BCUT2D eigenvalue weighted by molar-refractivity contribution is 0.0667. The molecule has 0 aromatic heterocycles. The van der Waals surface area contributed by atoms with Crippen LogP contribution in [0, 0.1) is 10.8 Å². The average molecular weight is 278 g/mol. The van der Waals surface area contributed by atoms with Gasteiger partial charge in [-0.15, -0.1) is 0 Å². The standard InChI is InChI=1S/C18H34N2/c1-3-17(4-2)7-9-18(10-8-17)11-14-20(15-18)16-5-12-19-13-6-16/h16,19H,3-15H2,1-2H3. The monoisotopic (exact) mass is 278 g/mol. The van der Waals surface area contributed by atoms with Gasteiger partial charge in [0.2, 0.25) is 0 Å². The van der Waals surface area contributed by atoms with E-state index in [1.807, 2.05) is 0 Å². The molecule has 2 aliphatic heterocycles. The maximum atomic E-state index is 3.51. The molecule has 0 bridgehead atoms. The van der Waals surface area contributed by atoms with Gasteiger partial charge in [0.05, 0.1) is 0 Å². The molecular formula is C18H34N2. The Labute approximate surface area is 125 Å². The van der Waals surface area contributed by atoms with Crippen molar-refractivity contribution >= 4 is 0 Å². The molecule has 0 unspecified atom stereocenters. The quantitative estimate of drug-likeness (QED) is 0.844. The molecule has 1 saturated carbocycles. The van der Waals surface area contributed by atoms with Gasteiger partial charge in [-0.25, -0.2) is 0 Å². The summed E-state index contributed by atoms with van der Waals surface area (Å²) in [4.78, 5) is 2.85. The largest absolute Gasteiger partial charge is 0.317 e. The number of nitrogens with one attached hydrogen (secondary N) is 1. The van der Waals surface area contributed by atoms with Crippen LogP contribution in [-0.4, -0.2) is 37.1 Å². The predicted octanol–water partition coefficient (Wildman–Crippen LogP) is 3.81. The highest BCUT2D eigenvalue weighted by molar-refractivity contribution is 4.98. The molecular weight excluding hydrogens is 244 g/mol. The number of likely N-dealkylation sites (tertiary alicyclic amines) is 1. The Kier molecular flexibility index (Phi) is 4.42. The van der Waals surface area contributed by atoms with E-state index in [9.17, 15) is 0 Å². The Balaban J connectivity index is 1.57. The predicted molar refractivity (Wildman–Crippen MR) is 86.0 cm³/mol. The maximum absolute atomic E-state index is 3.51. The van der Waals surface area contributed by atoms with Crippen molar-refractivity contribution in [1.29, 1.82) is 0 Å². The fourth-order valence-corrected chi connectivity index (χ4v) is 5.13. The number of rotatable bonds is 3. The van der Waals surface area contributed by atoms with Crippen LogP contribution in [0.1, 0.15) is 71.6 Å². The lowest BCUT2D eigenvalue weighted by atomic mass is 9.61. The SMILES string of the molecule is CCC1(CC)CCC2(CCN(C3CCNCC3)C2)CC1. The Morgan fingerprint density at radius 1 is 0.950 bits per heavy atom. The van der Waals surface area contributed by atoms with Gasteiger partial charge in [0.15, 0.2) is 0 Å². The summed E-state index contributed by atoms with van der Waals surface area (Å²) in [6, 6.07) is 0.889. The Hall–Kier alpha value is -0.0800. The second-order valence-corrected chi connectivity index (χ2v) is 7.91. The minimum atomic E-state index is 0.702. The summed E-state index contributed by atoms with van der Waals surface area (Å²) in [6.07, 6.45) is 13.1. The summed E-state index contributed by atoms with van der Waals surface area (Å²) >= 11 is 0. The van der Waals surface area contributed by atoms with Crippen LogP contribution in [0.2, 0.25) is 0 Å². The second-order valence-electron chi connectivity index (χ2n) is 7.91. The van der Waals surface area contributed by atoms with E-state index < -0.39 is 0 Å². The number of hydrogen-bond donors (Lipinski definition) is 1. The van der Waals surface area contributed by atoms with Gasteiger partial charge in [-0.1, -0.05) is 26.7 Å². The van der Waals surface area contributed by atoms with Gasteiger partial charge in [-0.3, -0.25) is 4.90 Å². The normalized spacial score (nSPS) is 30.9. The van der Waals surface area contributed by atoms with Gasteiger partial charge in [0.25, 0.3) is 0 Å². The van der Waals surface area contributed by atoms with Gasteiger partial charge in [-0.2, -0.15) is 0 Å². The molecule has 116 valence electrons. The van der Waals surface area contributed by atoms with Crippen molar-refractivity contribution in [1.82, 2.24) is 10.2 Å². The summed E-state index contributed by atoms with van der Waals surface area (Å²) in [7, 11) is 0. The van der Waals surface area contributed by atoms with Crippen molar-refractivity contribution in [2.75, 3.05) is 26.2 Å². The average Bonchev–Trinajstić information content (AvgIpc) is 2.94. The van der Waals surface area contributed by atoms with Gasteiger partial charge < -0.3 is 5.32 Å². The summed E-state index contributed by atoms with van der Waals surface area (Å²) < 4.78 is 0. The molecule has 2 nitrogen and oxygen atoms in total. The van der Waals surface area contributed by atoms with Crippen molar-refractivity contribution < 1.29 is 0 Å². The molecule has 1 N–H and O–H groups in total. The van der Waals surface area contributed by atoms with E-state index in [0.29, 0.717) is 10.8 Å². The van der Waals surface area contributed by atoms with Gasteiger partial charge in [0, 0.05) is 12.6 Å². The van der Waals surface area contributed by atoms with Crippen molar-refractivity contribution in [3.8, 4) is 0 Å². The van der Waals surface area contributed by atoms with E-state index in [1.165, 1.54) is 84.0 Å². The third kappa shape index (κ3) is 2.78. The zero-order valence-corrected chi connectivity index (χ0v) is 13.7. The van der Waals surface area contributed by atoms with Crippen molar-refractivity contribution in [3.05, 3.63) is 0 Å². The summed E-state index contributed by atoms with van der Waals surface area (Å²) in [6.45, 7) is 10.1. The number of piperidine rings is 1. The molecule has 3 aliphatic rings. The van der Waals surface area contributed by atoms with Crippen LogP contribution in [0.5, 0.6) is 0 Å². The molecule has 2 heteroatoms. The van der Waals surface area contributed by atoms with Crippen LogP contribution >= 0.6 is 0 Å². The van der Waals surface area contributed by atoms with E-state index in [1.54, 1.807) is 0 Å². The van der Waals surface area contributed by atoms with Gasteiger partial charge in [0.1, 0.15) is 0 Å².